The molecule has 6 aromatic rings. The first-order valence-corrected chi connectivity index (χ1v) is 10.6. The largest absolute Gasteiger partial charge is 0.354 e. The fraction of sp³-hybridized carbons (Fsp3) is 0. The van der Waals surface area contributed by atoms with Crippen molar-refractivity contribution >= 4 is 43.4 Å². The van der Waals surface area contributed by atoms with Gasteiger partial charge in [0.2, 0.25) is 0 Å². The number of benzene rings is 5. The lowest BCUT2D eigenvalue weighted by molar-refractivity contribution is 1.51. The van der Waals surface area contributed by atoms with E-state index in [1.165, 1.54) is 43.4 Å². The van der Waals surface area contributed by atoms with E-state index in [-0.39, 0.29) is 0 Å². The van der Waals surface area contributed by atoms with Gasteiger partial charge in [-0.05, 0) is 33.2 Å². The molecule has 1 heteroatoms. The number of hydrogen-bond acceptors (Lipinski definition) is 0. The molecule has 1 heterocycles. The van der Waals surface area contributed by atoms with Crippen LogP contribution in [-0.2, 0) is 0 Å². The minimum Gasteiger partial charge on any atom is -0.354 e. The Morgan fingerprint density at radius 2 is 0.839 bits per heavy atom. The van der Waals surface area contributed by atoms with E-state index in [0.717, 1.165) is 11.0 Å². The van der Waals surface area contributed by atoms with Gasteiger partial charge in [0.05, 0.1) is 5.52 Å². The van der Waals surface area contributed by atoms with E-state index in [4.69, 9.17) is 0 Å². The molecule has 6 rings (SSSR count). The predicted octanol–water partition coefficient (Wildman–Crippen LogP) is 8.42. The zero-order chi connectivity index (χ0) is 20.6. The van der Waals surface area contributed by atoms with Crippen LogP contribution in [0.1, 0.15) is 0 Å². The van der Waals surface area contributed by atoms with Crippen LogP contribution in [0.25, 0.3) is 54.5 Å². The Hall–Kier alpha value is -4.10. The van der Waals surface area contributed by atoms with Gasteiger partial charge in [0, 0.05) is 21.9 Å². The van der Waals surface area contributed by atoms with Gasteiger partial charge in [-0.15, -0.1) is 0 Å². The molecule has 0 atom stereocenters. The van der Waals surface area contributed by atoms with Crippen LogP contribution in [0.5, 0.6) is 0 Å². The van der Waals surface area contributed by atoms with Crippen LogP contribution in [-0.4, -0.2) is 4.98 Å². The summed E-state index contributed by atoms with van der Waals surface area (Å²) in [6, 6.07) is 43.3. The Bertz CT molecular complexity index is 1620. The van der Waals surface area contributed by atoms with E-state index in [1.54, 1.807) is 0 Å². The number of rotatable bonds is 1. The second-order valence-corrected chi connectivity index (χ2v) is 7.86. The fourth-order valence-electron chi connectivity index (χ4n) is 4.64. The van der Waals surface area contributed by atoms with Gasteiger partial charge in [-0.25, -0.2) is 0 Å². The zero-order valence-corrected chi connectivity index (χ0v) is 17.0. The van der Waals surface area contributed by atoms with Crippen molar-refractivity contribution in [2.24, 2.45) is 0 Å². The van der Waals surface area contributed by atoms with Crippen LogP contribution in [0.4, 0.5) is 0 Å². The highest BCUT2D eigenvalue weighted by atomic mass is 14.7. The molecule has 5 aromatic carbocycles. The lowest BCUT2D eigenvalue weighted by Crippen LogP contribution is -1.84. The SMILES string of the molecule is c1ccc(-c2cccc3c2[nH]c2ccccc2c2ccccc2c2ccccc32)cc1. The fourth-order valence-corrected chi connectivity index (χ4v) is 4.64. The Morgan fingerprint density at radius 3 is 1.52 bits per heavy atom. The van der Waals surface area contributed by atoms with Crippen molar-refractivity contribution < 1.29 is 0 Å². The monoisotopic (exact) mass is 395 g/mol. The summed E-state index contributed by atoms with van der Waals surface area (Å²) in [5.74, 6) is 0. The average molecular weight is 396 g/mol. The highest BCUT2D eigenvalue weighted by molar-refractivity contribution is 6.20. The molecule has 0 aliphatic carbocycles. The number of aromatic nitrogens is 1. The molecular weight excluding hydrogens is 374 g/mol. The molecule has 0 radical (unpaired) electrons. The maximum absolute atomic E-state index is 3.83. The Labute approximate surface area is 180 Å². The number of nitrogens with one attached hydrogen (secondary N) is 1. The molecule has 1 N–H and O–H groups in total. The molecule has 1 aromatic heterocycles. The van der Waals surface area contributed by atoms with E-state index >= 15 is 0 Å². The summed E-state index contributed by atoms with van der Waals surface area (Å²) in [6.45, 7) is 0. The second kappa shape index (κ2) is 7.30. The predicted molar refractivity (Wildman–Crippen MR) is 134 cm³/mol. The van der Waals surface area contributed by atoms with E-state index in [0.29, 0.717) is 0 Å². The number of hydrogen-bond donors (Lipinski definition) is 1. The Morgan fingerprint density at radius 1 is 0.355 bits per heavy atom. The van der Waals surface area contributed by atoms with Crippen molar-refractivity contribution in [1.29, 1.82) is 0 Å². The van der Waals surface area contributed by atoms with Gasteiger partial charge in [0.1, 0.15) is 0 Å². The standard InChI is InChI=1S/C30H21N/c1-2-11-21(12-3-1)22-18-10-19-28-26-16-7-5-14-24(26)23-13-4-6-15-25(23)27-17-8-9-20-29(27)31-30(22)28/h1-20,31H. The topological polar surface area (TPSA) is 15.8 Å². The molecule has 146 valence electrons. The van der Waals surface area contributed by atoms with Crippen LogP contribution in [0, 0.1) is 0 Å². The normalized spacial score (nSPS) is 11.2. The lowest BCUT2D eigenvalue weighted by Gasteiger charge is -2.07. The molecule has 0 amide bonds. The third kappa shape index (κ3) is 2.94. The smallest absolute Gasteiger partial charge is 0.0543 e. The summed E-state index contributed by atoms with van der Waals surface area (Å²) >= 11 is 0. The summed E-state index contributed by atoms with van der Waals surface area (Å²) < 4.78 is 0. The average Bonchev–Trinajstić information content (AvgIpc) is 2.89. The van der Waals surface area contributed by atoms with Crippen molar-refractivity contribution in [2.45, 2.75) is 0 Å². The van der Waals surface area contributed by atoms with Crippen molar-refractivity contribution in [1.82, 2.24) is 4.98 Å². The first kappa shape index (κ1) is 17.7. The van der Waals surface area contributed by atoms with Gasteiger partial charge in [-0.3, -0.25) is 0 Å². The first-order chi connectivity index (χ1) is 15.4. The number of para-hydroxylation sites is 2. The molecule has 0 aliphatic rings. The van der Waals surface area contributed by atoms with E-state index in [2.05, 4.69) is 126 Å². The summed E-state index contributed by atoms with van der Waals surface area (Å²) in [4.78, 5) is 3.83. The van der Waals surface area contributed by atoms with Crippen molar-refractivity contribution in [3.8, 4) is 11.1 Å². The Kier molecular flexibility index (Phi) is 4.18. The van der Waals surface area contributed by atoms with Gasteiger partial charge < -0.3 is 4.98 Å². The van der Waals surface area contributed by atoms with Gasteiger partial charge in [-0.2, -0.15) is 0 Å². The minimum absolute atomic E-state index is 1.12. The van der Waals surface area contributed by atoms with Crippen LogP contribution in [0.15, 0.2) is 121 Å². The van der Waals surface area contributed by atoms with Crippen molar-refractivity contribution in [3.63, 3.8) is 0 Å². The molecule has 0 spiro atoms. The molecule has 31 heavy (non-hydrogen) atoms. The van der Waals surface area contributed by atoms with Gasteiger partial charge in [0.15, 0.2) is 0 Å². The Balaban J connectivity index is 1.99. The second-order valence-electron chi connectivity index (χ2n) is 7.86. The molecular formula is C30H21N. The molecule has 0 saturated carbocycles. The maximum atomic E-state index is 3.83. The van der Waals surface area contributed by atoms with Crippen LogP contribution in [0.3, 0.4) is 0 Å². The number of fused-ring (bicyclic) bond motifs is 7. The van der Waals surface area contributed by atoms with Gasteiger partial charge >= 0.3 is 0 Å². The molecule has 0 bridgehead atoms. The number of aromatic amines is 1. The first-order valence-electron chi connectivity index (χ1n) is 10.6. The molecule has 0 fully saturated rings. The summed E-state index contributed by atoms with van der Waals surface area (Å²) in [5.41, 5.74) is 4.67. The van der Waals surface area contributed by atoms with Crippen molar-refractivity contribution in [3.05, 3.63) is 121 Å². The minimum atomic E-state index is 1.12. The zero-order valence-electron chi connectivity index (χ0n) is 17.0. The highest BCUT2D eigenvalue weighted by Gasteiger charge is 2.08. The van der Waals surface area contributed by atoms with E-state index < -0.39 is 0 Å². The van der Waals surface area contributed by atoms with Crippen LogP contribution >= 0.6 is 0 Å². The number of H-pyrrole nitrogens is 1. The summed E-state index contributed by atoms with van der Waals surface area (Å²) in [7, 11) is 0. The van der Waals surface area contributed by atoms with Gasteiger partial charge in [0.25, 0.3) is 0 Å². The van der Waals surface area contributed by atoms with Crippen LogP contribution in [0.2, 0.25) is 0 Å². The molecule has 1 nitrogen and oxygen atoms in total. The molecule has 0 unspecified atom stereocenters. The molecule has 0 aliphatic heterocycles. The van der Waals surface area contributed by atoms with E-state index in [9.17, 15) is 0 Å². The van der Waals surface area contributed by atoms with Crippen LogP contribution < -0.4 is 0 Å². The molecule has 0 saturated heterocycles. The summed E-state index contributed by atoms with van der Waals surface area (Å²) in [5, 5.41) is 7.41. The van der Waals surface area contributed by atoms with Gasteiger partial charge in [-0.1, -0.05) is 115 Å². The lowest BCUT2D eigenvalue weighted by atomic mass is 9.98. The maximum Gasteiger partial charge on any atom is 0.0543 e. The third-order valence-corrected chi connectivity index (χ3v) is 6.06. The highest BCUT2D eigenvalue weighted by Crippen LogP contribution is 2.34. The quantitative estimate of drug-likeness (QED) is 0.287. The van der Waals surface area contributed by atoms with E-state index in [1.807, 2.05) is 0 Å². The third-order valence-electron chi connectivity index (χ3n) is 6.06. The summed E-state index contributed by atoms with van der Waals surface area (Å²) in [6.07, 6.45) is 0. The van der Waals surface area contributed by atoms with Crippen molar-refractivity contribution in [2.75, 3.05) is 0 Å².